The lowest BCUT2D eigenvalue weighted by atomic mass is 9.57. The maximum absolute atomic E-state index is 14.0. The van der Waals surface area contributed by atoms with Crippen molar-refractivity contribution >= 4 is 23.2 Å². The number of nitrogens with two attached hydrogens (primary N) is 1. The Morgan fingerprint density at radius 1 is 1.21 bits per heavy atom. The van der Waals surface area contributed by atoms with Crippen molar-refractivity contribution in [2.75, 3.05) is 27.7 Å². The molecule has 0 unspecified atom stereocenters. The molecule has 1 amide bonds. The van der Waals surface area contributed by atoms with Crippen LogP contribution in [0.4, 0.5) is 0 Å². The first-order chi connectivity index (χ1) is 17.8. The molecule has 0 radical (unpaired) electrons. The Bertz CT molecular complexity index is 1310. The summed E-state index contributed by atoms with van der Waals surface area (Å²) in [6, 6.07) is 0.794. The number of benzene rings is 1. The number of aliphatic hydroxyl groups is 3. The maximum Gasteiger partial charge on any atom is 0.255 e. The third kappa shape index (κ3) is 3.86. The molecule has 204 valence electrons. The topological polar surface area (TPSA) is 165 Å². The first-order valence-corrected chi connectivity index (χ1v) is 12.6. The lowest BCUT2D eigenvalue weighted by Crippen LogP contribution is -2.65. The van der Waals surface area contributed by atoms with E-state index in [1.165, 1.54) is 4.90 Å². The summed E-state index contributed by atoms with van der Waals surface area (Å²) in [6.45, 7) is 6.62. The summed E-state index contributed by atoms with van der Waals surface area (Å²) in [5.74, 6) is -6.44. The van der Waals surface area contributed by atoms with Gasteiger partial charge in [0.15, 0.2) is 11.4 Å². The van der Waals surface area contributed by atoms with Gasteiger partial charge in [-0.1, -0.05) is 19.1 Å². The number of aliphatic hydroxyl groups excluding tert-OH is 2. The molecule has 0 heterocycles. The summed E-state index contributed by atoms with van der Waals surface area (Å²) in [5, 5.41) is 45.4. The molecule has 0 bridgehead atoms. The molecule has 0 saturated heterocycles. The molecule has 0 spiro atoms. The van der Waals surface area contributed by atoms with Gasteiger partial charge in [0.2, 0.25) is 5.78 Å². The van der Waals surface area contributed by atoms with Crippen molar-refractivity contribution in [3.05, 3.63) is 57.9 Å². The molecule has 1 aromatic carbocycles. The van der Waals surface area contributed by atoms with Gasteiger partial charge in [-0.25, -0.2) is 0 Å². The predicted octanol–water partition coefficient (Wildman–Crippen LogP) is 1.14. The number of fused-ring (bicyclic) bond motifs is 3. The number of phenolic OH excluding ortho intramolecular Hbond substituents is 1. The first kappa shape index (κ1) is 27.6. The standard InChI is InChI=1S/C28H35N3O7/c1-6-8-31(5)12-15-9-13(7-2)16-10-14-11-17-21(30(3)4)24(34)20(27(29)37)26(36)28(17,38)25(35)18(14)23(33)19(16)22(15)32/h6,9,14,17,21,32-33,36,38H,1,7-8,10-12H2,2-5H3,(H2,29,37)/t14-,17-,21-,28-/m0/s1. The molecule has 1 fully saturated rings. The van der Waals surface area contributed by atoms with Crippen molar-refractivity contribution in [2.45, 2.75) is 44.4 Å². The third-order valence-electron chi connectivity index (χ3n) is 8.15. The van der Waals surface area contributed by atoms with E-state index in [1.54, 1.807) is 20.2 Å². The van der Waals surface area contributed by atoms with E-state index in [-0.39, 0.29) is 29.7 Å². The average molecular weight is 526 g/mol. The van der Waals surface area contributed by atoms with E-state index >= 15 is 0 Å². The van der Waals surface area contributed by atoms with Crippen LogP contribution in [0.1, 0.15) is 35.6 Å². The molecule has 3 aliphatic rings. The number of hydrogen-bond donors (Lipinski definition) is 5. The molecule has 1 saturated carbocycles. The minimum Gasteiger partial charge on any atom is -0.508 e. The number of primary amides is 1. The van der Waals surface area contributed by atoms with Crippen LogP contribution in [0.3, 0.4) is 0 Å². The fraction of sp³-hybridized carbons (Fsp3) is 0.464. The van der Waals surface area contributed by atoms with Gasteiger partial charge >= 0.3 is 0 Å². The van der Waals surface area contributed by atoms with Gasteiger partial charge in [0.25, 0.3) is 5.91 Å². The van der Waals surface area contributed by atoms with E-state index in [1.807, 2.05) is 24.9 Å². The number of hydrogen-bond acceptors (Lipinski definition) is 9. The fourth-order valence-electron chi connectivity index (χ4n) is 6.46. The average Bonchev–Trinajstić information content (AvgIpc) is 2.82. The minimum absolute atomic E-state index is 0.0690. The van der Waals surface area contributed by atoms with E-state index in [9.17, 15) is 34.8 Å². The van der Waals surface area contributed by atoms with Gasteiger partial charge in [-0.05, 0) is 57.5 Å². The molecule has 4 atom stereocenters. The number of carbonyl (C=O) groups is 3. The van der Waals surface area contributed by atoms with Gasteiger partial charge in [0.1, 0.15) is 22.8 Å². The number of Topliss-reactive ketones (excluding diaryl/α,β-unsaturated/α-hetero) is 2. The van der Waals surface area contributed by atoms with Gasteiger partial charge in [0.05, 0.1) is 11.6 Å². The number of ketones is 2. The monoisotopic (exact) mass is 525 g/mol. The van der Waals surface area contributed by atoms with Crippen LogP contribution in [0.25, 0.3) is 5.76 Å². The molecule has 4 rings (SSSR count). The zero-order valence-electron chi connectivity index (χ0n) is 22.1. The second-order valence-electron chi connectivity index (χ2n) is 10.7. The molecule has 38 heavy (non-hydrogen) atoms. The van der Waals surface area contributed by atoms with Crippen LogP contribution in [-0.2, 0) is 33.8 Å². The summed E-state index contributed by atoms with van der Waals surface area (Å²) < 4.78 is 0. The van der Waals surface area contributed by atoms with Crippen LogP contribution >= 0.6 is 0 Å². The van der Waals surface area contributed by atoms with Crippen molar-refractivity contribution in [2.24, 2.45) is 17.6 Å². The van der Waals surface area contributed by atoms with Gasteiger partial charge in [-0.15, -0.1) is 6.58 Å². The van der Waals surface area contributed by atoms with Crippen LogP contribution in [0, 0.1) is 11.8 Å². The number of carbonyl (C=O) groups excluding carboxylic acids is 3. The molecular weight excluding hydrogens is 490 g/mol. The Morgan fingerprint density at radius 2 is 1.87 bits per heavy atom. The Morgan fingerprint density at radius 3 is 2.42 bits per heavy atom. The molecule has 10 nitrogen and oxygen atoms in total. The summed E-state index contributed by atoms with van der Waals surface area (Å²) in [7, 11) is 5.01. The van der Waals surface area contributed by atoms with E-state index in [4.69, 9.17) is 5.73 Å². The second-order valence-corrected chi connectivity index (χ2v) is 10.7. The van der Waals surface area contributed by atoms with Crippen molar-refractivity contribution < 1.29 is 34.8 Å². The minimum atomic E-state index is -2.64. The smallest absolute Gasteiger partial charge is 0.255 e. The van der Waals surface area contributed by atoms with E-state index in [0.717, 1.165) is 5.56 Å². The highest BCUT2D eigenvalue weighted by atomic mass is 16.3. The predicted molar refractivity (Wildman–Crippen MR) is 140 cm³/mol. The number of likely N-dealkylation sites (N-methyl/N-ethyl adjacent to an activating group) is 2. The molecular formula is C28H35N3O7. The van der Waals surface area contributed by atoms with Crippen molar-refractivity contribution in [3.8, 4) is 5.75 Å². The Hall–Kier alpha value is -3.47. The molecule has 3 aliphatic carbocycles. The van der Waals surface area contributed by atoms with E-state index < -0.39 is 58.0 Å². The Kier molecular flexibility index (Phi) is 7.02. The van der Waals surface area contributed by atoms with Gasteiger partial charge in [0, 0.05) is 30.1 Å². The molecule has 6 N–H and O–H groups in total. The molecule has 1 aromatic rings. The zero-order chi connectivity index (χ0) is 28.3. The fourth-order valence-corrected chi connectivity index (χ4v) is 6.46. The highest BCUT2D eigenvalue weighted by molar-refractivity contribution is 6.24. The number of rotatable bonds is 7. The second kappa shape index (κ2) is 9.68. The van der Waals surface area contributed by atoms with Gasteiger partial charge in [-0.2, -0.15) is 0 Å². The molecule has 0 aromatic heterocycles. The van der Waals surface area contributed by atoms with Crippen LogP contribution in [-0.4, -0.2) is 87.0 Å². The third-order valence-corrected chi connectivity index (χ3v) is 8.15. The van der Waals surface area contributed by atoms with Crippen LogP contribution in [0.5, 0.6) is 5.75 Å². The van der Waals surface area contributed by atoms with Crippen molar-refractivity contribution in [1.82, 2.24) is 9.80 Å². The number of amides is 1. The first-order valence-electron chi connectivity index (χ1n) is 12.6. The highest BCUT2D eigenvalue weighted by Gasteiger charge is 2.64. The zero-order valence-corrected chi connectivity index (χ0v) is 22.1. The van der Waals surface area contributed by atoms with E-state index in [2.05, 4.69) is 6.58 Å². The Labute approximate surface area is 221 Å². The lowest BCUT2D eigenvalue weighted by Gasteiger charge is -2.50. The summed E-state index contributed by atoms with van der Waals surface area (Å²) >= 11 is 0. The Balaban J connectivity index is 1.94. The SMILES string of the molecule is C=CCN(C)Cc1cc(CC)c2c(c1O)C(O)=C1C(=O)[C@]3(O)C(O)=C(C(N)=O)C(=O)[C@@H](N(C)C)[C@@H]3C[C@@H]1C2. The molecule has 10 heteroatoms. The van der Waals surface area contributed by atoms with Crippen molar-refractivity contribution in [3.63, 3.8) is 0 Å². The number of phenols is 1. The highest BCUT2D eigenvalue weighted by Crippen LogP contribution is 2.53. The largest absolute Gasteiger partial charge is 0.508 e. The molecule has 0 aliphatic heterocycles. The number of nitrogens with zero attached hydrogens (tertiary/aromatic N) is 2. The quantitative estimate of drug-likeness (QED) is 0.259. The number of aryl methyl sites for hydroxylation is 1. The van der Waals surface area contributed by atoms with Crippen LogP contribution in [0.15, 0.2) is 35.6 Å². The van der Waals surface area contributed by atoms with Crippen LogP contribution < -0.4 is 5.73 Å². The van der Waals surface area contributed by atoms with Crippen LogP contribution in [0.2, 0.25) is 0 Å². The maximum atomic E-state index is 14.0. The van der Waals surface area contributed by atoms with Crippen molar-refractivity contribution in [1.29, 1.82) is 0 Å². The van der Waals surface area contributed by atoms with E-state index in [0.29, 0.717) is 30.6 Å². The lowest BCUT2D eigenvalue weighted by molar-refractivity contribution is -0.153. The normalized spacial score (nSPS) is 27.0. The number of aromatic hydroxyl groups is 1. The summed E-state index contributed by atoms with van der Waals surface area (Å²) in [6.07, 6.45) is 2.70. The summed E-state index contributed by atoms with van der Waals surface area (Å²) in [4.78, 5) is 42.7. The van der Waals surface area contributed by atoms with Gasteiger partial charge in [-0.3, -0.25) is 24.2 Å². The van der Waals surface area contributed by atoms with Gasteiger partial charge < -0.3 is 26.2 Å². The summed E-state index contributed by atoms with van der Waals surface area (Å²) in [5.41, 5.74) is 4.04.